The number of fused-ring (bicyclic) bond motifs is 10. The Morgan fingerprint density at radius 3 is 1.92 bits per heavy atom. The van der Waals surface area contributed by atoms with Crippen LogP contribution in [-0.2, 0) is 0 Å². The summed E-state index contributed by atoms with van der Waals surface area (Å²) in [6, 6.07) is 55.9. The molecule has 3 nitrogen and oxygen atoms in total. The highest BCUT2D eigenvalue weighted by Crippen LogP contribution is 2.44. The highest BCUT2D eigenvalue weighted by molar-refractivity contribution is 6.29. The Morgan fingerprint density at radius 2 is 1.08 bits per heavy atom. The van der Waals surface area contributed by atoms with Gasteiger partial charge in [0.25, 0.3) is 0 Å². The zero-order valence-electron chi connectivity index (χ0n) is 28.0. The Kier molecular flexibility index (Phi) is 6.08. The van der Waals surface area contributed by atoms with Crippen LogP contribution >= 0.6 is 0 Å². The maximum Gasteiger partial charge on any atom is 0.0548 e. The van der Waals surface area contributed by atoms with Crippen molar-refractivity contribution < 1.29 is 0 Å². The van der Waals surface area contributed by atoms with Crippen molar-refractivity contribution in [3.05, 3.63) is 175 Å². The minimum atomic E-state index is 1.07. The van der Waals surface area contributed by atoms with E-state index in [0.29, 0.717) is 0 Å². The van der Waals surface area contributed by atoms with Crippen LogP contribution in [-0.4, -0.2) is 14.1 Å². The minimum absolute atomic E-state index is 1.07. The van der Waals surface area contributed by atoms with Crippen LogP contribution in [0.15, 0.2) is 170 Å². The second kappa shape index (κ2) is 11.0. The van der Waals surface area contributed by atoms with E-state index in [9.17, 15) is 0 Å². The van der Waals surface area contributed by atoms with Crippen LogP contribution in [0.4, 0.5) is 0 Å². The summed E-state index contributed by atoms with van der Waals surface area (Å²) in [7, 11) is 0. The molecule has 11 rings (SSSR count). The van der Waals surface area contributed by atoms with E-state index in [-0.39, 0.29) is 0 Å². The van der Waals surface area contributed by atoms with Crippen molar-refractivity contribution in [1.29, 1.82) is 0 Å². The Bertz CT molecular complexity index is 3070. The average molecular weight is 652 g/mol. The lowest BCUT2D eigenvalue weighted by molar-refractivity contribution is 1.05. The molecule has 0 radical (unpaired) electrons. The van der Waals surface area contributed by atoms with Gasteiger partial charge < -0.3 is 14.1 Å². The first-order chi connectivity index (χ1) is 25.3. The van der Waals surface area contributed by atoms with Crippen molar-refractivity contribution in [1.82, 2.24) is 14.1 Å². The molecule has 0 saturated heterocycles. The molecule has 51 heavy (non-hydrogen) atoms. The van der Waals surface area contributed by atoms with Gasteiger partial charge in [-0.1, -0.05) is 97.1 Å². The van der Waals surface area contributed by atoms with Gasteiger partial charge in [-0.15, -0.1) is 0 Å². The van der Waals surface area contributed by atoms with Gasteiger partial charge in [0.15, 0.2) is 0 Å². The summed E-state index contributed by atoms with van der Waals surface area (Å²) in [6.45, 7) is 0. The monoisotopic (exact) mass is 651 g/mol. The lowest BCUT2D eigenvalue weighted by Gasteiger charge is -2.13. The van der Waals surface area contributed by atoms with E-state index in [4.69, 9.17) is 0 Å². The zero-order chi connectivity index (χ0) is 33.5. The number of H-pyrrole nitrogens is 1. The molecule has 0 spiro atoms. The van der Waals surface area contributed by atoms with Gasteiger partial charge in [-0.3, -0.25) is 0 Å². The molecule has 10 aromatic rings. The maximum absolute atomic E-state index is 3.60. The lowest BCUT2D eigenvalue weighted by Crippen LogP contribution is -1.96. The van der Waals surface area contributed by atoms with Gasteiger partial charge in [0.05, 0.1) is 22.1 Å². The molecule has 0 bridgehead atoms. The highest BCUT2D eigenvalue weighted by Gasteiger charge is 2.21. The molecule has 0 saturated carbocycles. The fraction of sp³-hybridized carbons (Fsp3) is 0.0417. The zero-order valence-corrected chi connectivity index (χ0v) is 28.0. The normalized spacial score (nSPS) is 13.4. The van der Waals surface area contributed by atoms with Crippen LogP contribution in [0.1, 0.15) is 18.4 Å². The first-order valence-electron chi connectivity index (χ1n) is 17.8. The topological polar surface area (TPSA) is 25.6 Å². The summed E-state index contributed by atoms with van der Waals surface area (Å²) < 4.78 is 4.90. The van der Waals surface area contributed by atoms with E-state index in [0.717, 1.165) is 24.0 Å². The molecule has 240 valence electrons. The smallest absolute Gasteiger partial charge is 0.0548 e. The van der Waals surface area contributed by atoms with Gasteiger partial charge in [0.2, 0.25) is 0 Å². The summed E-state index contributed by atoms with van der Waals surface area (Å²) in [5.74, 6) is 0. The average Bonchev–Trinajstić information content (AvgIpc) is 3.85. The number of nitrogens with zero attached hydrogens (tertiary/aromatic N) is 2. The van der Waals surface area contributed by atoms with Crippen molar-refractivity contribution in [3.8, 4) is 22.5 Å². The molecule has 0 amide bonds. The van der Waals surface area contributed by atoms with Crippen molar-refractivity contribution >= 4 is 71.0 Å². The van der Waals surface area contributed by atoms with Crippen molar-refractivity contribution in [2.24, 2.45) is 0 Å². The summed E-state index contributed by atoms with van der Waals surface area (Å²) in [4.78, 5) is 3.60. The third-order valence-electron chi connectivity index (χ3n) is 10.9. The number of benzene rings is 7. The molecule has 7 aromatic carbocycles. The first-order valence-corrected chi connectivity index (χ1v) is 17.8. The molecule has 1 aliphatic carbocycles. The maximum atomic E-state index is 3.60. The van der Waals surface area contributed by atoms with Gasteiger partial charge in [0, 0.05) is 54.7 Å². The molecule has 1 N–H and O–H groups in total. The Morgan fingerprint density at radius 1 is 0.431 bits per heavy atom. The van der Waals surface area contributed by atoms with E-state index in [1.807, 2.05) is 0 Å². The summed E-state index contributed by atoms with van der Waals surface area (Å²) >= 11 is 0. The number of hydrogen-bond donors (Lipinski definition) is 1. The van der Waals surface area contributed by atoms with Gasteiger partial charge >= 0.3 is 0 Å². The SMILES string of the molecule is C1=CCCC(c2cccc(-n3c4ccccc4c4c5c6cc(-c7ccc8[nH]c9ccccc9c8c7)ccc6n(-c6ccccc6)c5ccc43)c2)=C1. The van der Waals surface area contributed by atoms with Crippen LogP contribution in [0.25, 0.3) is 93.5 Å². The minimum Gasteiger partial charge on any atom is -0.355 e. The van der Waals surface area contributed by atoms with Crippen molar-refractivity contribution in [3.63, 3.8) is 0 Å². The van der Waals surface area contributed by atoms with Crippen LogP contribution in [0, 0.1) is 0 Å². The predicted molar refractivity (Wildman–Crippen MR) is 216 cm³/mol. The summed E-state index contributed by atoms with van der Waals surface area (Å²) in [6.07, 6.45) is 8.88. The molecule has 3 heterocycles. The predicted octanol–water partition coefficient (Wildman–Crippen LogP) is 12.9. The van der Waals surface area contributed by atoms with Gasteiger partial charge in [0.1, 0.15) is 0 Å². The number of aromatic nitrogens is 3. The quantitative estimate of drug-likeness (QED) is 0.196. The third-order valence-corrected chi connectivity index (χ3v) is 10.9. The second-order valence-electron chi connectivity index (χ2n) is 13.7. The fourth-order valence-corrected chi connectivity index (χ4v) is 8.60. The third kappa shape index (κ3) is 4.25. The van der Waals surface area contributed by atoms with E-state index >= 15 is 0 Å². The van der Waals surface area contributed by atoms with Crippen LogP contribution < -0.4 is 0 Å². The number of rotatable bonds is 4. The molecule has 0 unspecified atom stereocenters. The Labute approximate surface area is 295 Å². The molecule has 1 aliphatic rings. The number of hydrogen-bond acceptors (Lipinski definition) is 0. The second-order valence-corrected chi connectivity index (χ2v) is 13.7. The number of para-hydroxylation sites is 3. The van der Waals surface area contributed by atoms with Crippen LogP contribution in [0.5, 0.6) is 0 Å². The summed E-state index contributed by atoms with van der Waals surface area (Å²) in [5.41, 5.74) is 14.7. The standard InChI is InChI=1S/C48H33N3/c1-3-12-31(13-4-1)32-14-11-17-36(28-32)51-43-21-10-8-19-38(43)47-45(51)26-27-46-48(47)40-30-34(23-25-44(40)50(46)35-15-5-2-6-16-35)33-22-24-42-39(29-33)37-18-7-9-20-41(37)49-42/h1-3,5-12,14-30,49H,4,13H2. The van der Waals surface area contributed by atoms with E-state index in [1.54, 1.807) is 0 Å². The summed E-state index contributed by atoms with van der Waals surface area (Å²) in [5, 5.41) is 7.60. The Hall–Kier alpha value is -6.58. The largest absolute Gasteiger partial charge is 0.355 e. The van der Waals surface area contributed by atoms with Gasteiger partial charge in [-0.25, -0.2) is 0 Å². The first kappa shape index (κ1) is 28.3. The molecular weight excluding hydrogens is 619 g/mol. The molecular formula is C48H33N3. The number of allylic oxidation sites excluding steroid dienone is 4. The van der Waals surface area contributed by atoms with E-state index < -0.39 is 0 Å². The van der Waals surface area contributed by atoms with Crippen molar-refractivity contribution in [2.75, 3.05) is 0 Å². The molecule has 0 fully saturated rings. The highest BCUT2D eigenvalue weighted by atomic mass is 15.0. The van der Waals surface area contributed by atoms with Gasteiger partial charge in [-0.2, -0.15) is 0 Å². The van der Waals surface area contributed by atoms with E-state index in [1.165, 1.54) is 87.9 Å². The molecule has 0 atom stereocenters. The van der Waals surface area contributed by atoms with Crippen LogP contribution in [0.2, 0.25) is 0 Å². The number of aromatic amines is 1. The van der Waals surface area contributed by atoms with Crippen LogP contribution in [0.3, 0.4) is 0 Å². The Balaban J connectivity index is 1.22. The fourth-order valence-electron chi connectivity index (χ4n) is 8.60. The number of nitrogens with one attached hydrogen (secondary N) is 1. The molecule has 3 aromatic heterocycles. The van der Waals surface area contributed by atoms with Crippen molar-refractivity contribution in [2.45, 2.75) is 12.8 Å². The van der Waals surface area contributed by atoms with E-state index in [2.05, 4.69) is 184 Å². The molecule has 3 heteroatoms. The van der Waals surface area contributed by atoms with Gasteiger partial charge in [-0.05, 0) is 108 Å². The lowest BCUT2D eigenvalue weighted by atomic mass is 9.97. The molecule has 0 aliphatic heterocycles.